The first kappa shape index (κ1) is 20.8. The number of carbonyl (C=O) groups is 1. The fraction of sp³-hybridized carbons (Fsp3) is 0.261. The van der Waals surface area contributed by atoms with Crippen LogP contribution < -0.4 is 4.74 Å². The van der Waals surface area contributed by atoms with E-state index in [4.69, 9.17) is 16.3 Å². The van der Waals surface area contributed by atoms with Gasteiger partial charge in [0.2, 0.25) is 0 Å². The minimum absolute atomic E-state index is 0.0652. The molecule has 7 heteroatoms. The summed E-state index contributed by atoms with van der Waals surface area (Å²) in [6.07, 6.45) is 0. The van der Waals surface area contributed by atoms with Gasteiger partial charge in [0.25, 0.3) is 5.91 Å². The van der Waals surface area contributed by atoms with Crippen LogP contribution in [0.3, 0.4) is 0 Å². The Hall–Kier alpha value is -2.41. The highest BCUT2D eigenvalue weighted by Crippen LogP contribution is 2.22. The maximum Gasteiger partial charge on any atom is 0.264 e. The molecule has 30 heavy (non-hydrogen) atoms. The van der Waals surface area contributed by atoms with Crippen LogP contribution in [0.4, 0.5) is 4.39 Å². The molecular formula is C23H22ClFN2O2S. The van der Waals surface area contributed by atoms with E-state index < -0.39 is 0 Å². The maximum atomic E-state index is 13.0. The van der Waals surface area contributed by atoms with Crippen molar-refractivity contribution in [2.75, 3.05) is 26.2 Å². The predicted molar refractivity (Wildman–Crippen MR) is 118 cm³/mol. The molecule has 0 aliphatic carbocycles. The van der Waals surface area contributed by atoms with Gasteiger partial charge in [0.1, 0.15) is 18.2 Å². The summed E-state index contributed by atoms with van der Waals surface area (Å²) in [5.74, 6) is 0.553. The molecule has 4 rings (SSSR count). The van der Waals surface area contributed by atoms with Gasteiger partial charge in [-0.2, -0.15) is 0 Å². The fourth-order valence-corrected chi connectivity index (χ4v) is 4.44. The molecule has 2 aromatic carbocycles. The zero-order valence-electron chi connectivity index (χ0n) is 16.4. The van der Waals surface area contributed by atoms with Crippen LogP contribution in [-0.4, -0.2) is 41.9 Å². The van der Waals surface area contributed by atoms with E-state index in [1.54, 1.807) is 12.1 Å². The largest absolute Gasteiger partial charge is 0.489 e. The third-order valence-corrected chi connectivity index (χ3v) is 6.25. The Labute approximate surface area is 184 Å². The molecule has 0 radical (unpaired) electrons. The second-order valence-electron chi connectivity index (χ2n) is 7.26. The zero-order chi connectivity index (χ0) is 20.9. The van der Waals surface area contributed by atoms with E-state index in [9.17, 15) is 9.18 Å². The predicted octanol–water partition coefficient (Wildman–Crippen LogP) is 5.08. The van der Waals surface area contributed by atoms with E-state index in [0.29, 0.717) is 30.5 Å². The minimum Gasteiger partial charge on any atom is -0.489 e. The first-order valence-electron chi connectivity index (χ1n) is 9.79. The van der Waals surface area contributed by atoms with Crippen LogP contribution in [0, 0.1) is 5.82 Å². The Balaban J connectivity index is 1.27. The molecule has 1 aliphatic rings. The summed E-state index contributed by atoms with van der Waals surface area (Å²) in [4.78, 5) is 17.8. The Morgan fingerprint density at radius 3 is 2.53 bits per heavy atom. The minimum atomic E-state index is -0.220. The smallest absolute Gasteiger partial charge is 0.264 e. The standard InChI is InChI=1S/C23H22ClFN2O2S/c24-19-2-1-3-21(13-19)29-15-18-12-22(30-16-18)23(28)27-10-8-26(9-11-27)14-17-4-6-20(25)7-5-17/h1-7,12-13,16H,8-11,14-15H2. The molecule has 2 heterocycles. The van der Waals surface area contributed by atoms with Crippen molar-refractivity contribution in [3.8, 4) is 5.75 Å². The van der Waals surface area contributed by atoms with Gasteiger partial charge in [0.05, 0.1) is 4.88 Å². The van der Waals surface area contributed by atoms with Crippen molar-refractivity contribution in [3.05, 3.63) is 86.8 Å². The molecule has 0 bridgehead atoms. The van der Waals surface area contributed by atoms with Crippen LogP contribution in [0.2, 0.25) is 5.02 Å². The number of thiophene rings is 1. The lowest BCUT2D eigenvalue weighted by atomic mass is 10.2. The summed E-state index contributed by atoms with van der Waals surface area (Å²) >= 11 is 7.42. The number of hydrogen-bond acceptors (Lipinski definition) is 4. The van der Waals surface area contributed by atoms with Crippen molar-refractivity contribution in [3.63, 3.8) is 0 Å². The molecule has 156 valence electrons. The lowest BCUT2D eigenvalue weighted by Gasteiger charge is -2.34. The van der Waals surface area contributed by atoms with Gasteiger partial charge >= 0.3 is 0 Å². The molecule has 0 saturated carbocycles. The molecule has 3 aromatic rings. The van der Waals surface area contributed by atoms with E-state index in [1.165, 1.54) is 23.5 Å². The van der Waals surface area contributed by atoms with Crippen LogP contribution in [-0.2, 0) is 13.2 Å². The Morgan fingerprint density at radius 2 is 1.80 bits per heavy atom. The van der Waals surface area contributed by atoms with E-state index in [1.807, 2.05) is 40.6 Å². The van der Waals surface area contributed by atoms with Crippen molar-refractivity contribution >= 4 is 28.8 Å². The number of nitrogens with zero attached hydrogens (tertiary/aromatic N) is 2. The van der Waals surface area contributed by atoms with E-state index in [-0.39, 0.29) is 11.7 Å². The number of carbonyl (C=O) groups excluding carboxylic acids is 1. The number of amides is 1. The summed E-state index contributed by atoms with van der Waals surface area (Å²) in [6, 6.07) is 15.8. The number of benzene rings is 2. The number of rotatable bonds is 6. The first-order chi connectivity index (χ1) is 14.6. The van der Waals surface area contributed by atoms with Crippen LogP contribution in [0.15, 0.2) is 60.0 Å². The number of piperazine rings is 1. The normalized spacial score (nSPS) is 14.7. The average Bonchev–Trinajstić information content (AvgIpc) is 3.23. The Bertz CT molecular complexity index is 1000. The monoisotopic (exact) mass is 444 g/mol. The van der Waals surface area contributed by atoms with Crippen LogP contribution in [0.5, 0.6) is 5.75 Å². The van der Waals surface area contributed by atoms with Crippen LogP contribution in [0.25, 0.3) is 0 Å². The van der Waals surface area contributed by atoms with Gasteiger partial charge in [0.15, 0.2) is 0 Å². The summed E-state index contributed by atoms with van der Waals surface area (Å²) in [6.45, 7) is 4.15. The highest BCUT2D eigenvalue weighted by Gasteiger charge is 2.23. The van der Waals surface area contributed by atoms with Gasteiger partial charge in [0, 0.05) is 43.3 Å². The van der Waals surface area contributed by atoms with Gasteiger partial charge < -0.3 is 9.64 Å². The molecule has 1 aromatic heterocycles. The average molecular weight is 445 g/mol. The van der Waals surface area contributed by atoms with Crippen molar-refractivity contribution in [2.24, 2.45) is 0 Å². The molecule has 4 nitrogen and oxygen atoms in total. The number of ether oxygens (including phenoxy) is 1. The van der Waals surface area contributed by atoms with E-state index in [2.05, 4.69) is 4.90 Å². The lowest BCUT2D eigenvalue weighted by Crippen LogP contribution is -2.48. The zero-order valence-corrected chi connectivity index (χ0v) is 18.0. The van der Waals surface area contributed by atoms with Gasteiger partial charge in [-0.25, -0.2) is 4.39 Å². The molecule has 1 amide bonds. The molecular weight excluding hydrogens is 423 g/mol. The SMILES string of the molecule is O=C(c1cc(COc2cccc(Cl)c2)cs1)N1CCN(Cc2ccc(F)cc2)CC1. The van der Waals surface area contributed by atoms with Gasteiger partial charge in [-0.05, 0) is 47.3 Å². The number of halogens is 2. The molecule has 0 unspecified atom stereocenters. The van der Waals surface area contributed by atoms with Crippen molar-refractivity contribution in [1.29, 1.82) is 0 Å². The summed E-state index contributed by atoms with van der Waals surface area (Å²) in [5, 5.41) is 2.59. The maximum absolute atomic E-state index is 13.0. The van der Waals surface area contributed by atoms with Gasteiger partial charge in [-0.3, -0.25) is 9.69 Å². The van der Waals surface area contributed by atoms with Crippen molar-refractivity contribution < 1.29 is 13.9 Å². The molecule has 0 atom stereocenters. The van der Waals surface area contributed by atoms with E-state index >= 15 is 0 Å². The molecule has 1 aliphatic heterocycles. The van der Waals surface area contributed by atoms with Gasteiger partial charge in [-0.15, -0.1) is 11.3 Å². The molecule has 0 spiro atoms. The summed E-state index contributed by atoms with van der Waals surface area (Å²) in [5.41, 5.74) is 2.05. The summed E-state index contributed by atoms with van der Waals surface area (Å²) < 4.78 is 18.8. The van der Waals surface area contributed by atoms with Crippen molar-refractivity contribution in [1.82, 2.24) is 9.80 Å². The summed E-state index contributed by atoms with van der Waals surface area (Å²) in [7, 11) is 0. The Morgan fingerprint density at radius 1 is 1.03 bits per heavy atom. The lowest BCUT2D eigenvalue weighted by molar-refractivity contribution is 0.0633. The second kappa shape index (κ2) is 9.60. The third-order valence-electron chi connectivity index (χ3n) is 5.05. The second-order valence-corrected chi connectivity index (χ2v) is 8.61. The Kier molecular flexibility index (Phi) is 6.67. The first-order valence-corrected chi connectivity index (χ1v) is 11.0. The molecule has 1 fully saturated rings. The quantitative estimate of drug-likeness (QED) is 0.531. The fourth-order valence-electron chi connectivity index (χ4n) is 3.40. The molecule has 1 saturated heterocycles. The highest BCUT2D eigenvalue weighted by atomic mass is 35.5. The topological polar surface area (TPSA) is 32.8 Å². The van der Waals surface area contributed by atoms with Gasteiger partial charge in [-0.1, -0.05) is 29.8 Å². The third kappa shape index (κ3) is 5.39. The number of hydrogen-bond donors (Lipinski definition) is 0. The highest BCUT2D eigenvalue weighted by molar-refractivity contribution is 7.12. The van der Waals surface area contributed by atoms with Crippen LogP contribution in [0.1, 0.15) is 20.8 Å². The van der Waals surface area contributed by atoms with Crippen molar-refractivity contribution in [2.45, 2.75) is 13.2 Å². The molecule has 0 N–H and O–H groups in total. The van der Waals surface area contributed by atoms with Crippen LogP contribution >= 0.6 is 22.9 Å². The van der Waals surface area contributed by atoms with E-state index in [0.717, 1.165) is 35.6 Å².